The minimum Gasteiger partial charge on any atom is -0.469 e. The van der Waals surface area contributed by atoms with Gasteiger partial charge in [-0.1, -0.05) is 11.8 Å². The largest absolute Gasteiger partial charge is 0.469 e. The lowest BCUT2D eigenvalue weighted by Gasteiger charge is -2.14. The van der Waals surface area contributed by atoms with Crippen molar-refractivity contribution in [1.82, 2.24) is 24.5 Å². The van der Waals surface area contributed by atoms with E-state index in [4.69, 9.17) is 9.15 Å². The van der Waals surface area contributed by atoms with E-state index in [1.807, 2.05) is 17.6 Å². The van der Waals surface area contributed by atoms with Crippen LogP contribution in [0, 0.1) is 17.0 Å². The third kappa shape index (κ3) is 3.74. The van der Waals surface area contributed by atoms with Crippen molar-refractivity contribution in [3.8, 4) is 11.4 Å². The summed E-state index contributed by atoms with van der Waals surface area (Å²) in [5.74, 6) is 1.89. The molecule has 4 heterocycles. The first kappa shape index (κ1) is 17.7. The summed E-state index contributed by atoms with van der Waals surface area (Å²) in [7, 11) is 0. The highest BCUT2D eigenvalue weighted by Crippen LogP contribution is 2.29. The first-order valence-electron chi connectivity index (χ1n) is 8.50. The topological polar surface area (TPSA) is 114 Å². The molecule has 0 aliphatic carbocycles. The quantitative estimate of drug-likeness (QED) is 0.344. The monoisotopic (exact) mass is 390 g/mol. The first-order valence-corrected chi connectivity index (χ1v) is 9.49. The van der Waals surface area contributed by atoms with Crippen LogP contribution in [0.25, 0.3) is 11.4 Å². The molecule has 1 fully saturated rings. The minimum absolute atomic E-state index is 0.0360. The zero-order valence-corrected chi connectivity index (χ0v) is 15.5. The van der Waals surface area contributed by atoms with Crippen molar-refractivity contribution in [2.24, 2.45) is 0 Å². The van der Waals surface area contributed by atoms with Gasteiger partial charge in [0.2, 0.25) is 0 Å². The highest BCUT2D eigenvalue weighted by molar-refractivity contribution is 7.98. The molecule has 142 valence electrons. The van der Waals surface area contributed by atoms with Gasteiger partial charge in [-0.2, -0.15) is 5.10 Å². The molecule has 10 nitrogen and oxygen atoms in total. The minimum atomic E-state index is -0.464. The fraction of sp³-hybridized carbons (Fsp3) is 0.438. The summed E-state index contributed by atoms with van der Waals surface area (Å²) in [6, 6.07) is 1.87. The molecule has 1 unspecified atom stereocenters. The molecule has 27 heavy (non-hydrogen) atoms. The Kier molecular flexibility index (Phi) is 4.94. The van der Waals surface area contributed by atoms with Crippen LogP contribution >= 0.6 is 11.8 Å². The molecule has 3 aromatic heterocycles. The van der Waals surface area contributed by atoms with Crippen LogP contribution in [0.3, 0.4) is 0 Å². The summed E-state index contributed by atoms with van der Waals surface area (Å²) in [4.78, 5) is 10.3. The second-order valence-corrected chi connectivity index (χ2v) is 7.12. The Morgan fingerprint density at radius 1 is 1.44 bits per heavy atom. The van der Waals surface area contributed by atoms with E-state index in [2.05, 4.69) is 15.3 Å². The lowest BCUT2D eigenvalue weighted by atomic mass is 10.2. The molecule has 1 atom stereocenters. The molecular weight excluding hydrogens is 372 g/mol. The molecule has 1 aliphatic rings. The Morgan fingerprint density at radius 3 is 3.00 bits per heavy atom. The van der Waals surface area contributed by atoms with Gasteiger partial charge in [-0.15, -0.1) is 10.2 Å². The smallest absolute Gasteiger partial charge is 0.307 e. The van der Waals surface area contributed by atoms with Crippen molar-refractivity contribution >= 4 is 17.4 Å². The van der Waals surface area contributed by atoms with E-state index in [1.54, 1.807) is 6.26 Å². The molecule has 0 radical (unpaired) electrons. The number of nitro groups is 1. The van der Waals surface area contributed by atoms with Crippen LogP contribution in [0.15, 0.2) is 34.3 Å². The second kappa shape index (κ2) is 7.53. The van der Waals surface area contributed by atoms with Gasteiger partial charge in [0.05, 0.1) is 35.3 Å². The average molecular weight is 390 g/mol. The maximum atomic E-state index is 10.8. The van der Waals surface area contributed by atoms with Gasteiger partial charge in [-0.3, -0.25) is 19.4 Å². The van der Waals surface area contributed by atoms with E-state index in [9.17, 15) is 10.1 Å². The van der Waals surface area contributed by atoms with Crippen LogP contribution in [-0.4, -0.2) is 42.2 Å². The Morgan fingerprint density at radius 2 is 2.33 bits per heavy atom. The highest BCUT2D eigenvalue weighted by atomic mass is 32.2. The van der Waals surface area contributed by atoms with Crippen molar-refractivity contribution < 1.29 is 14.1 Å². The van der Waals surface area contributed by atoms with Crippen LogP contribution in [0.1, 0.15) is 18.6 Å². The number of aromatic nitrogens is 5. The average Bonchev–Trinajstić information content (AvgIpc) is 3.41. The number of aryl methyl sites for hydroxylation is 1. The summed E-state index contributed by atoms with van der Waals surface area (Å²) in [5.41, 5.74) is 0.855. The lowest BCUT2D eigenvalue weighted by molar-refractivity contribution is -0.385. The molecule has 0 amide bonds. The number of hydrogen-bond donors (Lipinski definition) is 0. The maximum absolute atomic E-state index is 10.8. The number of thioether (sulfide) groups is 1. The maximum Gasteiger partial charge on any atom is 0.307 e. The van der Waals surface area contributed by atoms with Gasteiger partial charge in [0, 0.05) is 6.61 Å². The van der Waals surface area contributed by atoms with Crippen LogP contribution in [0.4, 0.5) is 5.69 Å². The van der Waals surface area contributed by atoms with Crippen molar-refractivity contribution in [2.75, 3.05) is 6.61 Å². The molecule has 0 N–H and O–H groups in total. The van der Waals surface area contributed by atoms with Crippen molar-refractivity contribution in [2.45, 2.75) is 43.4 Å². The third-order valence-electron chi connectivity index (χ3n) is 4.38. The van der Waals surface area contributed by atoms with Crippen LogP contribution < -0.4 is 0 Å². The molecule has 1 saturated heterocycles. The van der Waals surface area contributed by atoms with E-state index in [-0.39, 0.29) is 11.8 Å². The van der Waals surface area contributed by atoms with Gasteiger partial charge in [-0.05, 0) is 25.8 Å². The first-order chi connectivity index (χ1) is 13.1. The predicted octanol–water partition coefficient (Wildman–Crippen LogP) is 2.88. The summed E-state index contributed by atoms with van der Waals surface area (Å²) in [5, 5.41) is 24.2. The van der Waals surface area contributed by atoms with Crippen LogP contribution in [0.2, 0.25) is 0 Å². The molecule has 0 bridgehead atoms. The highest BCUT2D eigenvalue weighted by Gasteiger charge is 2.23. The van der Waals surface area contributed by atoms with E-state index in [0.717, 1.165) is 36.6 Å². The Labute approximate surface area is 158 Å². The summed E-state index contributed by atoms with van der Waals surface area (Å²) < 4.78 is 14.7. The van der Waals surface area contributed by atoms with Gasteiger partial charge in [0.15, 0.2) is 11.0 Å². The fourth-order valence-corrected chi connectivity index (χ4v) is 3.81. The second-order valence-electron chi connectivity index (χ2n) is 6.21. The van der Waals surface area contributed by atoms with E-state index >= 15 is 0 Å². The molecule has 0 aromatic carbocycles. The van der Waals surface area contributed by atoms with E-state index in [0.29, 0.717) is 17.6 Å². The predicted molar refractivity (Wildman–Crippen MR) is 96.2 cm³/mol. The summed E-state index contributed by atoms with van der Waals surface area (Å²) >= 11 is 1.41. The van der Waals surface area contributed by atoms with Gasteiger partial charge < -0.3 is 9.15 Å². The zero-order valence-electron chi connectivity index (χ0n) is 14.6. The normalized spacial score (nSPS) is 16.9. The Bertz CT molecular complexity index is 943. The van der Waals surface area contributed by atoms with Gasteiger partial charge in [-0.25, -0.2) is 0 Å². The molecular formula is C16H18N6O4S. The molecule has 4 rings (SSSR count). The SMILES string of the molecule is Cc1occc1-c1nnc(SCn2cc([N+](=O)[O-])cn2)n1CC1CCCO1. The van der Waals surface area contributed by atoms with Gasteiger partial charge >= 0.3 is 5.69 Å². The standard InChI is InChI=1S/C16H18N6O4S/c1-11-14(4-6-25-11)15-18-19-16(21(15)9-13-3-2-5-26-13)27-10-20-8-12(7-17-20)22(23)24/h4,6-8,13H,2-3,5,9-10H2,1H3. The van der Waals surface area contributed by atoms with Crippen molar-refractivity contribution in [3.05, 3.63) is 40.6 Å². The lowest BCUT2D eigenvalue weighted by Crippen LogP contribution is -2.17. The third-order valence-corrected chi connectivity index (χ3v) is 5.34. The van der Waals surface area contributed by atoms with E-state index < -0.39 is 4.92 Å². The molecule has 3 aromatic rings. The molecule has 0 spiro atoms. The number of furan rings is 1. The molecule has 1 aliphatic heterocycles. The van der Waals surface area contributed by atoms with Gasteiger partial charge in [0.25, 0.3) is 0 Å². The number of hydrogen-bond acceptors (Lipinski definition) is 8. The summed E-state index contributed by atoms with van der Waals surface area (Å²) in [6.07, 6.45) is 6.43. The number of ether oxygens (including phenoxy) is 1. The molecule has 11 heteroatoms. The zero-order chi connectivity index (χ0) is 18.8. The van der Waals surface area contributed by atoms with Crippen molar-refractivity contribution in [3.63, 3.8) is 0 Å². The van der Waals surface area contributed by atoms with Crippen molar-refractivity contribution in [1.29, 1.82) is 0 Å². The number of nitrogens with zero attached hydrogens (tertiary/aromatic N) is 6. The van der Waals surface area contributed by atoms with Gasteiger partial charge in [0.1, 0.15) is 18.2 Å². The Balaban J connectivity index is 1.58. The van der Waals surface area contributed by atoms with Crippen LogP contribution in [-0.2, 0) is 17.2 Å². The van der Waals surface area contributed by atoms with Crippen LogP contribution in [0.5, 0.6) is 0 Å². The Hall–Kier alpha value is -2.66. The van der Waals surface area contributed by atoms with E-state index in [1.165, 1.54) is 28.8 Å². The number of rotatable bonds is 7. The fourth-order valence-electron chi connectivity index (χ4n) is 3.01. The molecule has 0 saturated carbocycles. The summed E-state index contributed by atoms with van der Waals surface area (Å²) in [6.45, 7) is 3.30.